The van der Waals surface area contributed by atoms with Crippen molar-refractivity contribution in [1.82, 2.24) is 0 Å². The highest BCUT2D eigenvalue weighted by molar-refractivity contribution is 5.96. The summed E-state index contributed by atoms with van der Waals surface area (Å²) in [5, 5.41) is 5.95. The van der Waals surface area contributed by atoms with Crippen LogP contribution in [0.4, 0.5) is 11.4 Å². The largest absolute Gasteiger partial charge is 0.374 e. The molecule has 120 valence electrons. The van der Waals surface area contributed by atoms with E-state index in [9.17, 15) is 9.59 Å². The summed E-state index contributed by atoms with van der Waals surface area (Å²) in [7, 11) is 0. The first-order valence-corrected chi connectivity index (χ1v) is 7.56. The summed E-state index contributed by atoms with van der Waals surface area (Å²) in [4.78, 5) is 23.2. The Labute approximate surface area is 135 Å². The second kappa shape index (κ2) is 7.45. The van der Waals surface area contributed by atoms with E-state index in [-0.39, 0.29) is 5.91 Å². The standard InChI is InChI=1S/C18H21N3O2/c1-3-13-4-8-16(9-5-13)21-18(23)12(2)20-15-10-6-14(7-11-15)17(19)22/h4-12,20H,3H2,1-2H3,(H2,19,22)(H,21,23). The number of nitrogens with two attached hydrogens (primary N) is 1. The van der Waals surface area contributed by atoms with Gasteiger partial charge in [-0.1, -0.05) is 19.1 Å². The third-order valence-electron chi connectivity index (χ3n) is 3.58. The molecule has 0 bridgehead atoms. The molecule has 1 unspecified atom stereocenters. The summed E-state index contributed by atoms with van der Waals surface area (Å²) >= 11 is 0. The molecule has 0 heterocycles. The number of aryl methyl sites for hydroxylation is 1. The van der Waals surface area contributed by atoms with Crippen molar-refractivity contribution >= 4 is 23.2 Å². The van der Waals surface area contributed by atoms with Crippen LogP contribution in [0.2, 0.25) is 0 Å². The highest BCUT2D eigenvalue weighted by Gasteiger charge is 2.13. The smallest absolute Gasteiger partial charge is 0.248 e. The molecule has 4 N–H and O–H groups in total. The number of amides is 2. The zero-order valence-corrected chi connectivity index (χ0v) is 13.3. The number of benzene rings is 2. The second-order valence-corrected chi connectivity index (χ2v) is 5.35. The number of carbonyl (C=O) groups is 2. The molecular formula is C18H21N3O2. The quantitative estimate of drug-likeness (QED) is 0.767. The highest BCUT2D eigenvalue weighted by Crippen LogP contribution is 2.13. The first-order chi connectivity index (χ1) is 11.0. The fourth-order valence-corrected chi connectivity index (χ4v) is 2.12. The van der Waals surface area contributed by atoms with Crippen LogP contribution in [0.15, 0.2) is 48.5 Å². The summed E-state index contributed by atoms with van der Waals surface area (Å²) in [6.07, 6.45) is 0.966. The molecule has 0 radical (unpaired) electrons. The van der Waals surface area contributed by atoms with Crippen LogP contribution in [0, 0.1) is 0 Å². The van der Waals surface area contributed by atoms with Gasteiger partial charge in [0.05, 0.1) is 0 Å². The molecule has 0 saturated carbocycles. The minimum atomic E-state index is -0.474. The van der Waals surface area contributed by atoms with Crippen LogP contribution in [-0.2, 0) is 11.2 Å². The summed E-state index contributed by atoms with van der Waals surface area (Å²) in [5.41, 5.74) is 8.37. The van der Waals surface area contributed by atoms with Gasteiger partial charge in [-0.3, -0.25) is 9.59 Å². The fraction of sp³-hybridized carbons (Fsp3) is 0.222. The molecule has 0 aliphatic carbocycles. The van der Waals surface area contributed by atoms with Crippen LogP contribution in [0.1, 0.15) is 29.8 Å². The van der Waals surface area contributed by atoms with Gasteiger partial charge in [0, 0.05) is 16.9 Å². The number of primary amides is 1. The summed E-state index contributed by atoms with van der Waals surface area (Å²) in [6.45, 7) is 3.86. The number of rotatable bonds is 6. The fourth-order valence-electron chi connectivity index (χ4n) is 2.12. The molecule has 0 aliphatic heterocycles. The maximum atomic E-state index is 12.2. The number of hydrogen-bond donors (Lipinski definition) is 3. The molecule has 0 saturated heterocycles. The topological polar surface area (TPSA) is 84.2 Å². The van der Waals surface area contributed by atoms with E-state index in [1.165, 1.54) is 5.56 Å². The number of anilines is 2. The minimum absolute atomic E-state index is 0.131. The van der Waals surface area contributed by atoms with Gasteiger partial charge in [0.25, 0.3) is 0 Å². The van der Waals surface area contributed by atoms with Gasteiger partial charge >= 0.3 is 0 Å². The maximum Gasteiger partial charge on any atom is 0.248 e. The predicted octanol–water partition coefficient (Wildman–Crippen LogP) is 2.79. The van der Waals surface area contributed by atoms with E-state index in [0.717, 1.165) is 17.8 Å². The Morgan fingerprint density at radius 2 is 1.57 bits per heavy atom. The SMILES string of the molecule is CCc1ccc(NC(=O)C(C)Nc2ccc(C(N)=O)cc2)cc1. The lowest BCUT2D eigenvalue weighted by atomic mass is 10.1. The van der Waals surface area contributed by atoms with Crippen LogP contribution in [0.5, 0.6) is 0 Å². The molecule has 2 aromatic rings. The second-order valence-electron chi connectivity index (χ2n) is 5.35. The van der Waals surface area contributed by atoms with Crippen LogP contribution in [0.25, 0.3) is 0 Å². The van der Waals surface area contributed by atoms with Gasteiger partial charge in [0.2, 0.25) is 11.8 Å². The Hall–Kier alpha value is -2.82. The van der Waals surface area contributed by atoms with Gasteiger partial charge in [0.15, 0.2) is 0 Å². The average molecular weight is 311 g/mol. The van der Waals surface area contributed by atoms with E-state index in [1.54, 1.807) is 31.2 Å². The van der Waals surface area contributed by atoms with Crippen molar-refractivity contribution in [3.63, 3.8) is 0 Å². The van der Waals surface area contributed by atoms with Crippen molar-refractivity contribution in [3.05, 3.63) is 59.7 Å². The van der Waals surface area contributed by atoms with Crippen molar-refractivity contribution in [2.45, 2.75) is 26.3 Å². The maximum absolute atomic E-state index is 12.2. The first-order valence-electron chi connectivity index (χ1n) is 7.56. The van der Waals surface area contributed by atoms with Crippen LogP contribution >= 0.6 is 0 Å². The van der Waals surface area contributed by atoms with Gasteiger partial charge in [-0.15, -0.1) is 0 Å². The lowest BCUT2D eigenvalue weighted by molar-refractivity contribution is -0.116. The van der Waals surface area contributed by atoms with Crippen molar-refractivity contribution < 1.29 is 9.59 Å². The molecule has 2 amide bonds. The third kappa shape index (κ3) is 4.57. The molecule has 2 aromatic carbocycles. The Bertz CT molecular complexity index is 678. The number of nitrogens with one attached hydrogen (secondary N) is 2. The van der Waals surface area contributed by atoms with E-state index in [4.69, 9.17) is 5.73 Å². The molecule has 2 rings (SSSR count). The van der Waals surface area contributed by atoms with E-state index in [2.05, 4.69) is 17.6 Å². The van der Waals surface area contributed by atoms with Crippen molar-refractivity contribution in [2.75, 3.05) is 10.6 Å². The van der Waals surface area contributed by atoms with Crippen molar-refractivity contribution in [2.24, 2.45) is 5.73 Å². The molecule has 0 fully saturated rings. The predicted molar refractivity (Wildman–Crippen MR) is 92.5 cm³/mol. The Kier molecular flexibility index (Phi) is 5.36. The van der Waals surface area contributed by atoms with Crippen LogP contribution in [-0.4, -0.2) is 17.9 Å². The molecule has 0 aliphatic rings. The van der Waals surface area contributed by atoms with Gasteiger partial charge in [-0.25, -0.2) is 0 Å². The molecular weight excluding hydrogens is 290 g/mol. The number of hydrogen-bond acceptors (Lipinski definition) is 3. The molecule has 0 spiro atoms. The molecule has 23 heavy (non-hydrogen) atoms. The minimum Gasteiger partial charge on any atom is -0.374 e. The lowest BCUT2D eigenvalue weighted by Crippen LogP contribution is -2.31. The summed E-state index contributed by atoms with van der Waals surface area (Å²) in [6, 6.07) is 14.1. The Balaban J connectivity index is 1.94. The van der Waals surface area contributed by atoms with Crippen molar-refractivity contribution in [3.8, 4) is 0 Å². The first kappa shape index (κ1) is 16.5. The van der Waals surface area contributed by atoms with Crippen molar-refractivity contribution in [1.29, 1.82) is 0 Å². The normalized spacial score (nSPS) is 11.6. The Morgan fingerprint density at radius 1 is 1.00 bits per heavy atom. The summed E-state index contributed by atoms with van der Waals surface area (Å²) in [5.74, 6) is -0.605. The van der Waals surface area contributed by atoms with E-state index in [1.807, 2.05) is 24.3 Å². The highest BCUT2D eigenvalue weighted by atomic mass is 16.2. The zero-order valence-electron chi connectivity index (χ0n) is 13.3. The van der Waals surface area contributed by atoms with Gasteiger partial charge in [0.1, 0.15) is 6.04 Å². The van der Waals surface area contributed by atoms with E-state index >= 15 is 0 Å². The van der Waals surface area contributed by atoms with E-state index < -0.39 is 11.9 Å². The van der Waals surface area contributed by atoms with Gasteiger partial charge in [-0.2, -0.15) is 0 Å². The molecule has 5 heteroatoms. The third-order valence-corrected chi connectivity index (χ3v) is 3.58. The van der Waals surface area contributed by atoms with E-state index in [0.29, 0.717) is 5.56 Å². The average Bonchev–Trinajstić information content (AvgIpc) is 2.56. The zero-order chi connectivity index (χ0) is 16.8. The van der Waals surface area contributed by atoms with Gasteiger partial charge < -0.3 is 16.4 Å². The van der Waals surface area contributed by atoms with Crippen LogP contribution < -0.4 is 16.4 Å². The lowest BCUT2D eigenvalue weighted by Gasteiger charge is -2.15. The molecule has 5 nitrogen and oxygen atoms in total. The monoisotopic (exact) mass is 311 g/mol. The number of carbonyl (C=O) groups excluding carboxylic acids is 2. The van der Waals surface area contributed by atoms with Crippen LogP contribution in [0.3, 0.4) is 0 Å². The summed E-state index contributed by atoms with van der Waals surface area (Å²) < 4.78 is 0. The molecule has 0 aromatic heterocycles. The van der Waals surface area contributed by atoms with Gasteiger partial charge in [-0.05, 0) is 55.3 Å². The Morgan fingerprint density at radius 3 is 2.09 bits per heavy atom. The molecule has 1 atom stereocenters.